The molecule has 0 bridgehead atoms. The van der Waals surface area contributed by atoms with Crippen LogP contribution in [0.3, 0.4) is 0 Å². The van der Waals surface area contributed by atoms with Crippen LogP contribution in [0, 0.1) is 6.92 Å². The summed E-state index contributed by atoms with van der Waals surface area (Å²) in [4.78, 5) is 18.0. The van der Waals surface area contributed by atoms with Gasteiger partial charge in [-0.05, 0) is 39.8 Å². The van der Waals surface area contributed by atoms with Crippen LogP contribution in [0.2, 0.25) is 0 Å². The predicted molar refractivity (Wildman–Crippen MR) is 73.0 cm³/mol. The predicted octanol–water partition coefficient (Wildman–Crippen LogP) is 2.53. The smallest absolute Gasteiger partial charge is 0.293 e. The van der Waals surface area contributed by atoms with E-state index in [2.05, 4.69) is 14.7 Å². The molecule has 2 aromatic heterocycles. The van der Waals surface area contributed by atoms with E-state index < -0.39 is 0 Å². The lowest BCUT2D eigenvalue weighted by atomic mass is 10.2. The normalized spacial score (nSPS) is 10.3. The third kappa shape index (κ3) is 5.81. The molecule has 0 aliphatic heterocycles. The monoisotopic (exact) mass is 261 g/mol. The summed E-state index contributed by atoms with van der Waals surface area (Å²) in [5.74, 6) is 0.852. The molecule has 0 saturated carbocycles. The fraction of sp³-hybridized carbons (Fsp3) is 0.357. The molecule has 0 aliphatic carbocycles. The van der Waals surface area contributed by atoms with E-state index in [1.54, 1.807) is 12.4 Å². The van der Waals surface area contributed by atoms with Gasteiger partial charge in [-0.1, -0.05) is 0 Å². The van der Waals surface area contributed by atoms with Gasteiger partial charge in [0.05, 0.1) is 18.1 Å². The third-order valence-electron chi connectivity index (χ3n) is 2.04. The van der Waals surface area contributed by atoms with Gasteiger partial charge in [0.15, 0.2) is 5.82 Å². The van der Waals surface area contributed by atoms with Crippen LogP contribution in [0.5, 0.6) is 0 Å². The van der Waals surface area contributed by atoms with Gasteiger partial charge in [0.2, 0.25) is 0 Å². The molecule has 0 unspecified atom stereocenters. The standard InChI is InChI=1S/C9H9N3.C5H10O2/c1-8-6-11-9(7-10-8)12-4-2-3-5-12;1-5(2,3)7-4-6/h2-7H,1H3;4H,1-3H3. The molecule has 102 valence electrons. The van der Waals surface area contributed by atoms with Gasteiger partial charge in [-0.25, -0.2) is 4.98 Å². The number of rotatable bonds is 2. The summed E-state index contributed by atoms with van der Waals surface area (Å²) in [7, 11) is 0. The zero-order valence-corrected chi connectivity index (χ0v) is 11.7. The molecule has 0 spiro atoms. The van der Waals surface area contributed by atoms with Crippen LogP contribution in [0.1, 0.15) is 26.5 Å². The van der Waals surface area contributed by atoms with Crippen molar-refractivity contribution in [3.05, 3.63) is 42.6 Å². The van der Waals surface area contributed by atoms with E-state index in [9.17, 15) is 4.79 Å². The number of aryl methyl sites for hydroxylation is 1. The van der Waals surface area contributed by atoms with E-state index in [0.29, 0.717) is 6.47 Å². The maximum Gasteiger partial charge on any atom is 0.293 e. The Balaban J connectivity index is 0.000000224. The molecule has 0 aromatic carbocycles. The highest BCUT2D eigenvalue weighted by Crippen LogP contribution is 2.03. The fourth-order valence-corrected chi connectivity index (χ4v) is 1.15. The van der Waals surface area contributed by atoms with Crippen LogP contribution in [0.4, 0.5) is 0 Å². The zero-order valence-electron chi connectivity index (χ0n) is 11.7. The quantitative estimate of drug-likeness (QED) is 0.779. The van der Waals surface area contributed by atoms with Crippen molar-refractivity contribution >= 4 is 6.47 Å². The minimum absolute atomic E-state index is 0.318. The summed E-state index contributed by atoms with van der Waals surface area (Å²) >= 11 is 0. The van der Waals surface area contributed by atoms with Crippen molar-refractivity contribution in [2.75, 3.05) is 0 Å². The van der Waals surface area contributed by atoms with E-state index in [1.807, 2.05) is 56.8 Å². The van der Waals surface area contributed by atoms with Gasteiger partial charge in [-0.2, -0.15) is 0 Å². The molecular weight excluding hydrogens is 242 g/mol. The maximum atomic E-state index is 9.60. The molecule has 0 N–H and O–H groups in total. The molecule has 19 heavy (non-hydrogen) atoms. The molecular formula is C14H19N3O2. The highest BCUT2D eigenvalue weighted by molar-refractivity contribution is 5.37. The van der Waals surface area contributed by atoms with Crippen molar-refractivity contribution in [2.45, 2.75) is 33.3 Å². The summed E-state index contributed by atoms with van der Waals surface area (Å²) in [5.41, 5.74) is 0.618. The maximum absolute atomic E-state index is 9.60. The molecule has 0 atom stereocenters. The first-order valence-electron chi connectivity index (χ1n) is 5.96. The minimum atomic E-state index is -0.318. The Kier molecular flexibility index (Phi) is 5.23. The summed E-state index contributed by atoms with van der Waals surface area (Å²) < 4.78 is 6.47. The molecule has 2 heterocycles. The number of carbonyl (C=O) groups excluding carboxylic acids is 1. The second-order valence-corrected chi connectivity index (χ2v) is 4.93. The number of hydrogen-bond acceptors (Lipinski definition) is 4. The Morgan fingerprint density at radius 3 is 2.16 bits per heavy atom. The van der Waals surface area contributed by atoms with Crippen LogP contribution in [0.25, 0.3) is 5.82 Å². The van der Waals surface area contributed by atoms with E-state index >= 15 is 0 Å². The lowest BCUT2D eigenvalue weighted by Gasteiger charge is -2.14. The molecule has 0 fully saturated rings. The molecule has 2 aromatic rings. The largest absolute Gasteiger partial charge is 0.462 e. The SMILES string of the molecule is CC(C)(C)OC=O.Cc1cnc(-n2cccc2)cn1. The number of carbonyl (C=O) groups is 1. The molecule has 5 heteroatoms. The Labute approximate surface area is 113 Å². The van der Waals surface area contributed by atoms with Gasteiger partial charge in [0, 0.05) is 12.4 Å². The summed E-state index contributed by atoms with van der Waals surface area (Å²) in [6, 6.07) is 3.92. The lowest BCUT2D eigenvalue weighted by molar-refractivity contribution is -0.138. The van der Waals surface area contributed by atoms with E-state index in [4.69, 9.17) is 0 Å². The van der Waals surface area contributed by atoms with E-state index in [1.165, 1.54) is 0 Å². The average molecular weight is 261 g/mol. The first kappa shape index (κ1) is 14.9. The number of ether oxygens (including phenoxy) is 1. The van der Waals surface area contributed by atoms with Gasteiger partial charge >= 0.3 is 0 Å². The Bertz CT molecular complexity index is 484. The summed E-state index contributed by atoms with van der Waals surface area (Å²) in [6.07, 6.45) is 7.41. The van der Waals surface area contributed by atoms with Gasteiger partial charge in [0.1, 0.15) is 5.60 Å². The highest BCUT2D eigenvalue weighted by Gasteiger charge is 2.07. The molecule has 2 rings (SSSR count). The Hall–Kier alpha value is -2.17. The van der Waals surface area contributed by atoms with Gasteiger partial charge in [0.25, 0.3) is 6.47 Å². The van der Waals surface area contributed by atoms with Gasteiger partial charge in [-0.3, -0.25) is 9.78 Å². The number of aromatic nitrogens is 3. The van der Waals surface area contributed by atoms with E-state index in [0.717, 1.165) is 11.5 Å². The van der Waals surface area contributed by atoms with Crippen molar-refractivity contribution in [2.24, 2.45) is 0 Å². The van der Waals surface area contributed by atoms with Crippen molar-refractivity contribution in [1.82, 2.24) is 14.5 Å². The Morgan fingerprint density at radius 1 is 1.16 bits per heavy atom. The lowest BCUT2D eigenvalue weighted by Crippen LogP contribution is -2.17. The van der Waals surface area contributed by atoms with Gasteiger partial charge < -0.3 is 9.30 Å². The average Bonchev–Trinajstić information content (AvgIpc) is 2.83. The topological polar surface area (TPSA) is 57.0 Å². The number of nitrogens with zero attached hydrogens (tertiary/aromatic N) is 3. The van der Waals surface area contributed by atoms with Crippen LogP contribution in [-0.2, 0) is 9.53 Å². The minimum Gasteiger partial charge on any atom is -0.462 e. The summed E-state index contributed by atoms with van der Waals surface area (Å²) in [6.45, 7) is 7.84. The molecule has 0 radical (unpaired) electrons. The molecule has 5 nitrogen and oxygen atoms in total. The van der Waals surface area contributed by atoms with Crippen LogP contribution >= 0.6 is 0 Å². The first-order chi connectivity index (χ1) is 8.92. The third-order valence-corrected chi connectivity index (χ3v) is 2.04. The highest BCUT2D eigenvalue weighted by atomic mass is 16.5. The second kappa shape index (κ2) is 6.68. The van der Waals surface area contributed by atoms with Gasteiger partial charge in [-0.15, -0.1) is 0 Å². The van der Waals surface area contributed by atoms with Crippen molar-refractivity contribution in [1.29, 1.82) is 0 Å². The van der Waals surface area contributed by atoms with Crippen LogP contribution in [-0.4, -0.2) is 26.6 Å². The fourth-order valence-electron chi connectivity index (χ4n) is 1.15. The zero-order chi connectivity index (χ0) is 14.3. The second-order valence-electron chi connectivity index (χ2n) is 4.93. The van der Waals surface area contributed by atoms with Crippen molar-refractivity contribution < 1.29 is 9.53 Å². The summed E-state index contributed by atoms with van der Waals surface area (Å²) in [5, 5.41) is 0. The van der Waals surface area contributed by atoms with E-state index in [-0.39, 0.29) is 5.60 Å². The van der Waals surface area contributed by atoms with Crippen LogP contribution in [0.15, 0.2) is 36.9 Å². The molecule has 0 amide bonds. The number of hydrogen-bond donors (Lipinski definition) is 0. The molecule has 0 aliphatic rings. The molecule has 0 saturated heterocycles. The van der Waals surface area contributed by atoms with Crippen LogP contribution < -0.4 is 0 Å². The Morgan fingerprint density at radius 2 is 1.79 bits per heavy atom. The first-order valence-corrected chi connectivity index (χ1v) is 5.96. The van der Waals surface area contributed by atoms with Crippen molar-refractivity contribution in [3.8, 4) is 5.82 Å². The van der Waals surface area contributed by atoms with Crippen molar-refractivity contribution in [3.63, 3.8) is 0 Å².